The molecule has 0 saturated heterocycles. The SMILES string of the molecule is CCOC(=O)C(O)c1c(OC)ccc2ccc(OC)cc12. The molecule has 0 aliphatic heterocycles. The molecule has 0 heterocycles. The van der Waals surface area contributed by atoms with Gasteiger partial charge in [-0.3, -0.25) is 0 Å². The number of fused-ring (bicyclic) bond motifs is 1. The maximum atomic E-state index is 11.9. The predicted molar refractivity (Wildman–Crippen MR) is 78.6 cm³/mol. The molecule has 21 heavy (non-hydrogen) atoms. The van der Waals surface area contributed by atoms with Gasteiger partial charge in [0.25, 0.3) is 0 Å². The van der Waals surface area contributed by atoms with Crippen LogP contribution in [0.15, 0.2) is 30.3 Å². The quantitative estimate of drug-likeness (QED) is 0.857. The number of aliphatic hydroxyl groups excluding tert-OH is 1. The summed E-state index contributed by atoms with van der Waals surface area (Å²) in [6, 6.07) is 9.00. The topological polar surface area (TPSA) is 65.0 Å². The van der Waals surface area contributed by atoms with Crippen LogP contribution in [0.3, 0.4) is 0 Å². The van der Waals surface area contributed by atoms with Gasteiger partial charge in [0, 0.05) is 5.56 Å². The molecule has 2 rings (SSSR count). The lowest BCUT2D eigenvalue weighted by Crippen LogP contribution is -2.16. The van der Waals surface area contributed by atoms with Crippen LogP contribution < -0.4 is 9.47 Å². The third kappa shape index (κ3) is 2.92. The number of aliphatic hydroxyl groups is 1. The number of hydrogen-bond acceptors (Lipinski definition) is 5. The van der Waals surface area contributed by atoms with Crippen molar-refractivity contribution in [2.75, 3.05) is 20.8 Å². The second-order valence-electron chi connectivity index (χ2n) is 4.42. The fraction of sp³-hybridized carbons (Fsp3) is 0.312. The molecule has 0 aliphatic carbocycles. The van der Waals surface area contributed by atoms with Crippen molar-refractivity contribution in [1.82, 2.24) is 0 Å². The van der Waals surface area contributed by atoms with E-state index in [1.165, 1.54) is 7.11 Å². The van der Waals surface area contributed by atoms with Crippen molar-refractivity contribution in [3.63, 3.8) is 0 Å². The van der Waals surface area contributed by atoms with E-state index in [0.717, 1.165) is 5.39 Å². The van der Waals surface area contributed by atoms with Gasteiger partial charge in [-0.25, -0.2) is 4.79 Å². The summed E-state index contributed by atoms with van der Waals surface area (Å²) in [6.45, 7) is 1.89. The van der Waals surface area contributed by atoms with Gasteiger partial charge in [0.1, 0.15) is 11.5 Å². The first kappa shape index (κ1) is 15.1. The average Bonchev–Trinajstić information content (AvgIpc) is 2.52. The van der Waals surface area contributed by atoms with Crippen LogP contribution in [0.1, 0.15) is 18.6 Å². The molecule has 1 unspecified atom stereocenters. The lowest BCUT2D eigenvalue weighted by Gasteiger charge is -2.17. The summed E-state index contributed by atoms with van der Waals surface area (Å²) in [7, 11) is 3.05. The lowest BCUT2D eigenvalue weighted by atomic mass is 9.99. The number of hydrogen-bond donors (Lipinski definition) is 1. The summed E-state index contributed by atoms with van der Waals surface area (Å²) >= 11 is 0. The number of carbonyl (C=O) groups excluding carboxylic acids is 1. The summed E-state index contributed by atoms with van der Waals surface area (Å²) in [4.78, 5) is 11.9. The summed E-state index contributed by atoms with van der Waals surface area (Å²) in [5.74, 6) is 0.357. The molecule has 0 spiro atoms. The Morgan fingerprint density at radius 2 is 1.90 bits per heavy atom. The monoisotopic (exact) mass is 290 g/mol. The van der Waals surface area contributed by atoms with Gasteiger partial charge in [-0.2, -0.15) is 0 Å². The van der Waals surface area contributed by atoms with Crippen molar-refractivity contribution in [1.29, 1.82) is 0 Å². The highest BCUT2D eigenvalue weighted by molar-refractivity contribution is 5.93. The van der Waals surface area contributed by atoms with E-state index >= 15 is 0 Å². The number of esters is 1. The normalized spacial score (nSPS) is 12.0. The number of carbonyl (C=O) groups is 1. The Labute approximate surface area is 123 Å². The van der Waals surface area contributed by atoms with Crippen LogP contribution >= 0.6 is 0 Å². The molecule has 0 aromatic heterocycles. The molecule has 5 nitrogen and oxygen atoms in total. The van der Waals surface area contributed by atoms with Crippen LogP contribution in [0.4, 0.5) is 0 Å². The minimum Gasteiger partial charge on any atom is -0.497 e. The Hall–Kier alpha value is -2.27. The number of methoxy groups -OCH3 is 2. The third-order valence-electron chi connectivity index (χ3n) is 3.23. The second-order valence-corrected chi connectivity index (χ2v) is 4.42. The van der Waals surface area contributed by atoms with Gasteiger partial charge in [0.2, 0.25) is 0 Å². The van der Waals surface area contributed by atoms with E-state index in [1.54, 1.807) is 26.2 Å². The molecule has 0 amide bonds. The lowest BCUT2D eigenvalue weighted by molar-refractivity contribution is -0.153. The van der Waals surface area contributed by atoms with Crippen LogP contribution in [0, 0.1) is 0 Å². The van der Waals surface area contributed by atoms with Gasteiger partial charge in [-0.1, -0.05) is 12.1 Å². The molecule has 2 aromatic rings. The second kappa shape index (κ2) is 6.45. The zero-order valence-electron chi connectivity index (χ0n) is 12.3. The first-order valence-corrected chi connectivity index (χ1v) is 6.61. The van der Waals surface area contributed by atoms with Crippen molar-refractivity contribution in [2.24, 2.45) is 0 Å². The summed E-state index contributed by atoms with van der Waals surface area (Å²) in [5, 5.41) is 11.9. The molecule has 0 saturated carbocycles. The highest BCUT2D eigenvalue weighted by atomic mass is 16.5. The van der Waals surface area contributed by atoms with Crippen molar-refractivity contribution < 1.29 is 24.1 Å². The Kier molecular flexibility index (Phi) is 4.65. The highest BCUT2D eigenvalue weighted by Crippen LogP contribution is 2.35. The van der Waals surface area contributed by atoms with Gasteiger partial charge < -0.3 is 19.3 Å². The van der Waals surface area contributed by atoms with E-state index in [0.29, 0.717) is 22.4 Å². The summed E-state index contributed by atoms with van der Waals surface area (Å²) in [5.41, 5.74) is 0.382. The molecule has 0 bridgehead atoms. The van der Waals surface area contributed by atoms with Crippen LogP contribution in [0.5, 0.6) is 11.5 Å². The molecular weight excluding hydrogens is 272 g/mol. The largest absolute Gasteiger partial charge is 0.497 e. The van der Waals surface area contributed by atoms with Crippen molar-refractivity contribution in [3.05, 3.63) is 35.9 Å². The minimum atomic E-state index is -1.41. The van der Waals surface area contributed by atoms with E-state index < -0.39 is 12.1 Å². The molecular formula is C16H18O5. The van der Waals surface area contributed by atoms with E-state index in [9.17, 15) is 9.90 Å². The van der Waals surface area contributed by atoms with Crippen LogP contribution in [0.2, 0.25) is 0 Å². The highest BCUT2D eigenvalue weighted by Gasteiger charge is 2.25. The molecule has 0 aliphatic rings. The minimum absolute atomic E-state index is 0.201. The molecule has 1 atom stereocenters. The van der Waals surface area contributed by atoms with Crippen molar-refractivity contribution in [2.45, 2.75) is 13.0 Å². The standard InChI is InChI=1S/C16H18O5/c1-4-21-16(18)15(17)14-12-9-11(19-2)7-5-10(12)6-8-13(14)20-3/h5-9,15,17H,4H2,1-3H3. The number of rotatable bonds is 5. The summed E-state index contributed by atoms with van der Waals surface area (Å²) in [6.07, 6.45) is -1.41. The fourth-order valence-electron chi connectivity index (χ4n) is 2.23. The van der Waals surface area contributed by atoms with Gasteiger partial charge >= 0.3 is 5.97 Å². The Balaban J connectivity index is 2.64. The Bertz CT molecular complexity index is 645. The molecule has 2 aromatic carbocycles. The maximum absolute atomic E-state index is 11.9. The van der Waals surface area contributed by atoms with E-state index in [-0.39, 0.29) is 6.61 Å². The zero-order chi connectivity index (χ0) is 15.4. The van der Waals surface area contributed by atoms with Crippen molar-refractivity contribution in [3.8, 4) is 11.5 Å². The van der Waals surface area contributed by atoms with Crippen LogP contribution in [0.25, 0.3) is 10.8 Å². The molecule has 0 radical (unpaired) electrons. The predicted octanol–water partition coefficient (Wildman–Crippen LogP) is 2.45. The van der Waals surface area contributed by atoms with E-state index in [4.69, 9.17) is 14.2 Å². The fourth-order valence-corrected chi connectivity index (χ4v) is 2.23. The van der Waals surface area contributed by atoms with Gasteiger partial charge in [-0.15, -0.1) is 0 Å². The molecule has 0 fully saturated rings. The maximum Gasteiger partial charge on any atom is 0.339 e. The van der Waals surface area contributed by atoms with Crippen LogP contribution in [-0.2, 0) is 9.53 Å². The number of benzene rings is 2. The van der Waals surface area contributed by atoms with Crippen molar-refractivity contribution >= 4 is 16.7 Å². The van der Waals surface area contributed by atoms with Gasteiger partial charge in [0.05, 0.1) is 20.8 Å². The van der Waals surface area contributed by atoms with Gasteiger partial charge in [0.15, 0.2) is 6.10 Å². The first-order chi connectivity index (χ1) is 10.1. The third-order valence-corrected chi connectivity index (χ3v) is 3.23. The molecule has 5 heteroatoms. The molecule has 112 valence electrons. The number of ether oxygens (including phenoxy) is 3. The summed E-state index contributed by atoms with van der Waals surface area (Å²) < 4.78 is 15.4. The zero-order valence-corrected chi connectivity index (χ0v) is 12.3. The Morgan fingerprint density at radius 3 is 2.52 bits per heavy atom. The van der Waals surface area contributed by atoms with E-state index in [1.807, 2.05) is 18.2 Å². The Morgan fingerprint density at radius 1 is 1.19 bits per heavy atom. The van der Waals surface area contributed by atoms with Gasteiger partial charge in [-0.05, 0) is 35.9 Å². The smallest absolute Gasteiger partial charge is 0.339 e. The average molecular weight is 290 g/mol. The molecule has 1 N–H and O–H groups in total. The first-order valence-electron chi connectivity index (χ1n) is 6.61. The van der Waals surface area contributed by atoms with Crippen LogP contribution in [-0.4, -0.2) is 31.9 Å². The van der Waals surface area contributed by atoms with E-state index in [2.05, 4.69) is 0 Å².